The molecule has 3 heterocycles. The quantitative estimate of drug-likeness (QED) is 0.0145. The topological polar surface area (TPSA) is 363 Å². The van der Waals surface area contributed by atoms with Crippen molar-refractivity contribution in [1.29, 1.82) is 0 Å². The van der Waals surface area contributed by atoms with E-state index in [-0.39, 0.29) is 50.4 Å². The third-order valence-electron chi connectivity index (χ3n) is 10.9. The van der Waals surface area contributed by atoms with E-state index in [4.69, 9.17) is 17.2 Å². The maximum Gasteiger partial charge on any atom is 0.327 e. The molecule has 0 saturated carbocycles. The Kier molecular flexibility index (Phi) is 18.3. The fraction of sp³-hybridized carbons (Fsp3) is 0.386. The lowest BCUT2D eigenvalue weighted by molar-refractivity contribution is -0.142. The standard InChI is InChI=1S/C44H58N14O8S/c1-23(2)37(42(64)57-35(21-67)43(65)66)58-41(63)33(14-24-17-50-30-10-5-3-8-27(24)30)54-36(59)20-52-39(61)32(12-7-13-49-44(46)47)55-40(62)34(15-25-18-51-31-11-6-4-9-28(25)31)56-38(60)29(45)16-26-19-48-22-53-26/h3-6,8-11,17-19,22-23,29,32-35,37,50-51,67H,7,12-16,20-21,45H2,1-2H3,(H,48,53)(H,52,61)(H,54,59)(H,55,62)(H,56,60)(H,57,64)(H,58,63)(H,65,66)(H4,46,47,49)/t29-,32-,33-,34-,35-,37-/m0/s1. The Morgan fingerprint density at radius 3 is 1.84 bits per heavy atom. The lowest BCUT2D eigenvalue weighted by Gasteiger charge is -2.26. The average Bonchev–Trinajstić information content (AvgIpc) is 4.07. The van der Waals surface area contributed by atoms with E-state index in [2.05, 4.69) is 69.5 Å². The summed E-state index contributed by atoms with van der Waals surface area (Å²) in [5.41, 5.74) is 20.8. The van der Waals surface area contributed by atoms with Crippen LogP contribution in [0.4, 0.5) is 0 Å². The average molecular weight is 943 g/mol. The number of H-pyrrole nitrogens is 3. The minimum Gasteiger partial charge on any atom is -0.480 e. The second-order valence-corrected chi connectivity index (χ2v) is 16.6. The second kappa shape index (κ2) is 24.2. The highest BCUT2D eigenvalue weighted by Gasteiger charge is 2.33. The summed E-state index contributed by atoms with van der Waals surface area (Å²) in [6.07, 6.45) is 6.68. The molecule has 23 heteroatoms. The summed E-state index contributed by atoms with van der Waals surface area (Å²) in [4.78, 5) is 111. The van der Waals surface area contributed by atoms with Crippen molar-refractivity contribution >= 4 is 81.8 Å². The summed E-state index contributed by atoms with van der Waals surface area (Å²) in [5, 5.41) is 26.8. The van der Waals surface area contributed by atoms with E-state index in [1.807, 2.05) is 48.5 Å². The number of guanidine groups is 1. The summed E-state index contributed by atoms with van der Waals surface area (Å²) in [6.45, 7) is 2.77. The third-order valence-corrected chi connectivity index (χ3v) is 11.2. The SMILES string of the molecule is CC(C)[C@H](NC(=O)[C@H](Cc1c[nH]c2ccccc12)NC(=O)CNC(=O)[C@H](CCCN=C(N)N)NC(=O)[C@H](Cc1c[nH]c2ccccc12)NC(=O)[C@@H](N)Cc1cnc[nH]1)C(=O)N[C@@H](CS)C(=O)O. The lowest BCUT2D eigenvalue weighted by atomic mass is 10.0. The Morgan fingerprint density at radius 1 is 0.716 bits per heavy atom. The number of imidazole rings is 1. The molecule has 0 bridgehead atoms. The first-order valence-electron chi connectivity index (χ1n) is 21.5. The molecule has 0 spiro atoms. The summed E-state index contributed by atoms with van der Waals surface area (Å²) in [7, 11) is 0. The van der Waals surface area contributed by atoms with E-state index in [0.29, 0.717) is 16.8 Å². The number of hydrogen-bond acceptors (Lipinski definition) is 11. The van der Waals surface area contributed by atoms with Crippen molar-refractivity contribution in [3.05, 3.63) is 90.3 Å². The van der Waals surface area contributed by atoms with Gasteiger partial charge >= 0.3 is 5.97 Å². The molecular formula is C44H58N14O8S. The van der Waals surface area contributed by atoms with Crippen LogP contribution in [-0.4, -0.2) is 128 Å². The Balaban J connectivity index is 1.33. The number of fused-ring (bicyclic) bond motifs is 2. The maximum atomic E-state index is 14.2. The van der Waals surface area contributed by atoms with Crippen LogP contribution in [0.15, 0.2) is 78.4 Å². The van der Waals surface area contributed by atoms with Crippen LogP contribution in [0.5, 0.6) is 0 Å². The van der Waals surface area contributed by atoms with Gasteiger partial charge in [-0.15, -0.1) is 0 Å². The summed E-state index contributed by atoms with van der Waals surface area (Å²) in [5.74, 6) is -6.62. The van der Waals surface area contributed by atoms with E-state index < -0.39 is 90.1 Å². The van der Waals surface area contributed by atoms with Crippen molar-refractivity contribution in [3.8, 4) is 0 Å². The molecule has 0 aliphatic rings. The molecule has 22 nitrogen and oxygen atoms in total. The van der Waals surface area contributed by atoms with Gasteiger partial charge in [-0.1, -0.05) is 50.2 Å². The predicted molar refractivity (Wildman–Crippen MR) is 253 cm³/mol. The first-order valence-corrected chi connectivity index (χ1v) is 22.2. The Labute approximate surface area is 390 Å². The van der Waals surface area contributed by atoms with Crippen LogP contribution in [-0.2, 0) is 52.8 Å². The number of carbonyl (C=O) groups excluding carboxylic acids is 6. The van der Waals surface area contributed by atoms with E-state index in [9.17, 15) is 38.7 Å². The number of aliphatic imine (C=N–C) groups is 1. The molecule has 0 aliphatic heterocycles. The molecule has 5 aromatic rings. The number of carbonyl (C=O) groups is 7. The van der Waals surface area contributed by atoms with Crippen molar-refractivity contribution in [2.45, 2.75) is 82.2 Å². The molecule has 5 rings (SSSR count). The van der Waals surface area contributed by atoms with Crippen molar-refractivity contribution in [2.24, 2.45) is 28.1 Å². The molecule has 0 aliphatic carbocycles. The minimum atomic E-state index is -1.32. The van der Waals surface area contributed by atoms with Crippen LogP contribution in [0.25, 0.3) is 21.8 Å². The zero-order chi connectivity index (χ0) is 48.6. The van der Waals surface area contributed by atoms with Gasteiger partial charge in [-0.2, -0.15) is 12.6 Å². The summed E-state index contributed by atoms with van der Waals surface area (Å²) >= 11 is 4.01. The van der Waals surface area contributed by atoms with Gasteiger partial charge in [0.15, 0.2) is 5.96 Å². The monoisotopic (exact) mass is 942 g/mol. The molecule has 3 aromatic heterocycles. The number of carboxylic acid groups (broad SMARTS) is 1. The highest BCUT2D eigenvalue weighted by molar-refractivity contribution is 7.80. The molecule has 0 saturated heterocycles. The highest BCUT2D eigenvalue weighted by Crippen LogP contribution is 2.21. The van der Waals surface area contributed by atoms with Gasteiger partial charge in [0.2, 0.25) is 35.4 Å². The zero-order valence-corrected chi connectivity index (χ0v) is 37.9. The predicted octanol–water partition coefficient (Wildman–Crippen LogP) is -1.01. The molecule has 6 atom stereocenters. The minimum absolute atomic E-state index is 0.00324. The molecule has 16 N–H and O–H groups in total. The van der Waals surface area contributed by atoms with Crippen LogP contribution in [0, 0.1) is 5.92 Å². The van der Waals surface area contributed by atoms with Crippen LogP contribution < -0.4 is 49.1 Å². The van der Waals surface area contributed by atoms with Crippen LogP contribution in [0.3, 0.4) is 0 Å². The van der Waals surface area contributed by atoms with Crippen LogP contribution in [0.2, 0.25) is 0 Å². The third kappa shape index (κ3) is 14.5. The number of benzene rings is 2. The summed E-state index contributed by atoms with van der Waals surface area (Å²) in [6, 6.07) is 7.37. The number of thiol groups is 1. The van der Waals surface area contributed by atoms with Gasteiger partial charge < -0.3 is 69.2 Å². The normalized spacial score (nSPS) is 13.9. The molecule has 358 valence electrons. The van der Waals surface area contributed by atoms with E-state index in [1.54, 1.807) is 26.2 Å². The molecule has 67 heavy (non-hydrogen) atoms. The number of amides is 6. The van der Waals surface area contributed by atoms with Crippen molar-refractivity contribution in [2.75, 3.05) is 18.8 Å². The van der Waals surface area contributed by atoms with Gasteiger partial charge in [0, 0.05) is 77.7 Å². The Bertz CT molecular complexity index is 2540. The van der Waals surface area contributed by atoms with Gasteiger partial charge in [-0.25, -0.2) is 9.78 Å². The first kappa shape index (κ1) is 50.6. The molecule has 0 radical (unpaired) electrons. The molecular weight excluding hydrogens is 885 g/mol. The largest absolute Gasteiger partial charge is 0.480 e. The van der Waals surface area contributed by atoms with E-state index in [0.717, 1.165) is 21.8 Å². The number of rotatable bonds is 25. The summed E-state index contributed by atoms with van der Waals surface area (Å²) < 4.78 is 0. The van der Waals surface area contributed by atoms with Gasteiger partial charge in [0.25, 0.3) is 0 Å². The van der Waals surface area contributed by atoms with Crippen LogP contribution in [0.1, 0.15) is 43.5 Å². The van der Waals surface area contributed by atoms with E-state index in [1.165, 1.54) is 12.5 Å². The number of aromatic nitrogens is 4. The van der Waals surface area contributed by atoms with Crippen molar-refractivity contribution in [3.63, 3.8) is 0 Å². The van der Waals surface area contributed by atoms with Gasteiger partial charge in [-0.3, -0.25) is 33.8 Å². The van der Waals surface area contributed by atoms with Crippen LogP contribution >= 0.6 is 12.6 Å². The highest BCUT2D eigenvalue weighted by atomic mass is 32.1. The number of nitrogens with one attached hydrogen (secondary N) is 9. The number of nitrogens with zero attached hydrogens (tertiary/aromatic N) is 2. The zero-order valence-electron chi connectivity index (χ0n) is 37.0. The molecule has 2 aromatic carbocycles. The molecule has 0 unspecified atom stereocenters. The second-order valence-electron chi connectivity index (χ2n) is 16.2. The number of carboxylic acids is 1. The maximum absolute atomic E-state index is 14.2. The fourth-order valence-electron chi connectivity index (χ4n) is 7.28. The lowest BCUT2D eigenvalue weighted by Crippen LogP contribution is -2.59. The molecule has 0 fully saturated rings. The number of nitrogens with two attached hydrogens (primary N) is 3. The van der Waals surface area contributed by atoms with Crippen molar-refractivity contribution in [1.82, 2.24) is 51.8 Å². The fourth-order valence-corrected chi connectivity index (χ4v) is 7.53. The Hall–Kier alpha value is -7.40. The van der Waals surface area contributed by atoms with Crippen molar-refractivity contribution < 1.29 is 38.7 Å². The smallest absolute Gasteiger partial charge is 0.327 e. The number of hydrogen-bond donors (Lipinski definition) is 14. The first-order chi connectivity index (χ1) is 32.0. The number of para-hydroxylation sites is 2. The number of aromatic amines is 3. The number of aliphatic carboxylic acids is 1. The van der Waals surface area contributed by atoms with Gasteiger partial charge in [0.05, 0.1) is 18.9 Å². The van der Waals surface area contributed by atoms with E-state index >= 15 is 0 Å². The molecule has 6 amide bonds. The Morgan fingerprint density at radius 2 is 1.28 bits per heavy atom. The van der Waals surface area contributed by atoms with Gasteiger partial charge in [-0.05, 0) is 42.0 Å². The van der Waals surface area contributed by atoms with Gasteiger partial charge in [0.1, 0.15) is 30.2 Å².